The predicted molar refractivity (Wildman–Crippen MR) is 198 cm³/mol. The van der Waals surface area contributed by atoms with E-state index in [1.807, 2.05) is 30.5 Å². The number of rotatable bonds is 12. The lowest BCUT2D eigenvalue weighted by molar-refractivity contribution is -0.384. The summed E-state index contributed by atoms with van der Waals surface area (Å²) in [6, 6.07) is 16.0. The highest BCUT2D eigenvalue weighted by Gasteiger charge is 2.34. The number of thiazole rings is 1. The number of carbonyl (C=O) groups is 1. The summed E-state index contributed by atoms with van der Waals surface area (Å²) < 4.78 is 20.3. The van der Waals surface area contributed by atoms with Crippen LogP contribution < -0.4 is 24.4 Å². The van der Waals surface area contributed by atoms with Crippen molar-refractivity contribution >= 4 is 52.4 Å². The van der Waals surface area contributed by atoms with E-state index in [2.05, 4.69) is 15.2 Å². The molecule has 0 bridgehead atoms. The van der Waals surface area contributed by atoms with E-state index >= 15 is 0 Å². The van der Waals surface area contributed by atoms with Crippen LogP contribution in [0.4, 0.5) is 5.69 Å². The fourth-order valence-corrected chi connectivity index (χ4v) is 8.03. The fraction of sp³-hybridized carbons (Fsp3) is 0.250. The number of aromatic nitrogens is 4. The van der Waals surface area contributed by atoms with E-state index in [4.69, 9.17) is 25.8 Å². The highest BCUT2D eigenvalue weighted by atomic mass is 35.5. The molecule has 5 aromatic rings. The largest absolute Gasteiger partial charge is 0.493 e. The molecule has 0 spiro atoms. The quantitative estimate of drug-likeness (QED) is 0.0817. The molecular formula is C36H33ClN6O7S2. The summed E-state index contributed by atoms with van der Waals surface area (Å²) in [6.07, 6.45) is 1.60. The van der Waals surface area contributed by atoms with Crippen LogP contribution in [0.5, 0.6) is 11.5 Å². The Hall–Kier alpha value is -5.25. The van der Waals surface area contributed by atoms with Crippen LogP contribution in [-0.4, -0.2) is 50.5 Å². The van der Waals surface area contributed by atoms with E-state index in [1.165, 1.54) is 35.6 Å². The van der Waals surface area contributed by atoms with Crippen molar-refractivity contribution in [1.82, 2.24) is 19.3 Å². The maximum Gasteiger partial charge on any atom is 0.338 e. The fourth-order valence-electron chi connectivity index (χ4n) is 5.82. The number of allylic oxidation sites excluding steroid dienone is 1. The highest BCUT2D eigenvalue weighted by Crippen LogP contribution is 2.37. The number of methoxy groups -OCH3 is 1. The molecule has 268 valence electrons. The summed E-state index contributed by atoms with van der Waals surface area (Å²) in [6.45, 7) is 8.22. The third-order valence-corrected chi connectivity index (χ3v) is 10.4. The van der Waals surface area contributed by atoms with Gasteiger partial charge in [-0.3, -0.25) is 19.5 Å². The Labute approximate surface area is 311 Å². The van der Waals surface area contributed by atoms with Crippen LogP contribution in [0, 0.1) is 10.1 Å². The highest BCUT2D eigenvalue weighted by molar-refractivity contribution is 7.99. The number of hydrogen-bond donors (Lipinski definition) is 0. The number of nitro benzene ring substituents is 1. The predicted octanol–water partition coefficient (Wildman–Crippen LogP) is 6.20. The number of fused-ring (bicyclic) bond motifs is 1. The van der Waals surface area contributed by atoms with Crippen LogP contribution in [0.15, 0.2) is 91.8 Å². The van der Waals surface area contributed by atoms with Crippen LogP contribution in [0.25, 0.3) is 17.5 Å². The molecule has 0 saturated heterocycles. The van der Waals surface area contributed by atoms with Gasteiger partial charge in [-0.15, -0.1) is 10.2 Å². The van der Waals surface area contributed by atoms with Crippen molar-refractivity contribution in [3.63, 3.8) is 0 Å². The standard InChI is InChI=1S/C36H33ClN6O7S2/c1-6-41-32(22-10-9-11-24(37)16-22)39-40-36(41)51-28-15-13-25(43(46)47)17-23(28)19-29-33(44)42-31(21-12-14-26(48-5)27(18-21)49-7-2)30(34(45)50-8-3)20(4)38-35(42)52-29/h9-19,31H,6-8H2,1-5H3/b29-19+/t31-/m1/s1. The Morgan fingerprint density at radius 1 is 1.08 bits per heavy atom. The first kappa shape index (κ1) is 36.5. The molecule has 52 heavy (non-hydrogen) atoms. The molecule has 0 fully saturated rings. The van der Waals surface area contributed by atoms with Gasteiger partial charge in [0.25, 0.3) is 11.2 Å². The average molecular weight is 761 g/mol. The summed E-state index contributed by atoms with van der Waals surface area (Å²) in [4.78, 5) is 44.9. The Kier molecular flexibility index (Phi) is 10.9. The first-order valence-electron chi connectivity index (χ1n) is 16.2. The van der Waals surface area contributed by atoms with Crippen molar-refractivity contribution in [2.75, 3.05) is 20.3 Å². The van der Waals surface area contributed by atoms with Crippen LogP contribution in [0.2, 0.25) is 5.02 Å². The first-order chi connectivity index (χ1) is 25.1. The van der Waals surface area contributed by atoms with E-state index in [0.717, 1.165) is 16.9 Å². The number of esters is 1. The van der Waals surface area contributed by atoms with Gasteiger partial charge in [0.15, 0.2) is 27.3 Å². The zero-order chi connectivity index (χ0) is 37.1. The van der Waals surface area contributed by atoms with E-state index in [1.54, 1.807) is 56.3 Å². The van der Waals surface area contributed by atoms with Crippen molar-refractivity contribution in [1.29, 1.82) is 0 Å². The summed E-state index contributed by atoms with van der Waals surface area (Å²) in [5.74, 6) is 0.944. The van der Waals surface area contributed by atoms with Gasteiger partial charge in [0, 0.05) is 34.2 Å². The lowest BCUT2D eigenvalue weighted by Gasteiger charge is -2.25. The zero-order valence-electron chi connectivity index (χ0n) is 28.8. The molecule has 0 amide bonds. The van der Waals surface area contributed by atoms with Gasteiger partial charge < -0.3 is 18.8 Å². The Morgan fingerprint density at radius 2 is 1.88 bits per heavy atom. The van der Waals surface area contributed by atoms with Gasteiger partial charge in [0.05, 0.1) is 47.1 Å². The van der Waals surface area contributed by atoms with E-state index in [0.29, 0.717) is 67.2 Å². The SMILES string of the molecule is CCOC(=O)C1=C(C)N=c2s/c(=C/c3cc([N+](=O)[O-])ccc3Sc3nnc(-c4cccc(Cl)c4)n3CC)c(=O)n2[C@@H]1c1ccc(OC)c(OCC)c1. The molecule has 3 heterocycles. The van der Waals surface area contributed by atoms with E-state index in [-0.39, 0.29) is 22.4 Å². The topological polar surface area (TPSA) is 153 Å². The minimum Gasteiger partial charge on any atom is -0.493 e. The Balaban J connectivity index is 1.51. The molecule has 3 aromatic carbocycles. The number of ether oxygens (including phenoxy) is 3. The second-order valence-electron chi connectivity index (χ2n) is 11.3. The number of non-ortho nitro benzene ring substituents is 1. The molecule has 0 saturated carbocycles. The monoisotopic (exact) mass is 760 g/mol. The number of nitrogens with zero attached hydrogens (tertiary/aromatic N) is 6. The maximum atomic E-state index is 14.4. The molecule has 1 aliphatic rings. The minimum atomic E-state index is -0.908. The van der Waals surface area contributed by atoms with Crippen molar-refractivity contribution in [3.8, 4) is 22.9 Å². The van der Waals surface area contributed by atoms with E-state index in [9.17, 15) is 19.7 Å². The summed E-state index contributed by atoms with van der Waals surface area (Å²) >= 11 is 8.62. The lowest BCUT2D eigenvalue weighted by Crippen LogP contribution is -2.40. The smallest absolute Gasteiger partial charge is 0.338 e. The first-order valence-corrected chi connectivity index (χ1v) is 18.2. The molecule has 16 heteroatoms. The molecule has 6 rings (SSSR count). The van der Waals surface area contributed by atoms with Gasteiger partial charge in [-0.2, -0.15) is 0 Å². The van der Waals surface area contributed by atoms with Gasteiger partial charge >= 0.3 is 5.97 Å². The molecule has 2 aromatic heterocycles. The van der Waals surface area contributed by atoms with Crippen LogP contribution in [0.3, 0.4) is 0 Å². The van der Waals surface area contributed by atoms with Gasteiger partial charge in [-0.25, -0.2) is 9.79 Å². The maximum absolute atomic E-state index is 14.4. The van der Waals surface area contributed by atoms with E-state index < -0.39 is 22.5 Å². The zero-order valence-corrected chi connectivity index (χ0v) is 31.2. The van der Waals surface area contributed by atoms with Gasteiger partial charge in [0.2, 0.25) is 0 Å². The third kappa shape index (κ3) is 7.11. The van der Waals surface area contributed by atoms with Crippen LogP contribution in [-0.2, 0) is 16.1 Å². The number of halogens is 1. The molecule has 1 aliphatic heterocycles. The van der Waals surface area contributed by atoms with Crippen molar-refractivity contribution in [2.45, 2.75) is 50.3 Å². The molecule has 13 nitrogen and oxygen atoms in total. The normalized spacial score (nSPS) is 14.2. The molecule has 0 N–H and O–H groups in total. The third-order valence-electron chi connectivity index (χ3n) is 8.13. The number of carbonyl (C=O) groups excluding carboxylic acids is 1. The van der Waals surface area contributed by atoms with Crippen molar-refractivity contribution in [2.24, 2.45) is 4.99 Å². The van der Waals surface area contributed by atoms with Gasteiger partial charge in [-0.1, -0.05) is 41.1 Å². The lowest BCUT2D eigenvalue weighted by atomic mass is 9.95. The van der Waals surface area contributed by atoms with Gasteiger partial charge in [-0.05, 0) is 87.0 Å². The molecule has 1 atom stereocenters. The number of hydrogen-bond acceptors (Lipinski definition) is 12. The van der Waals surface area contributed by atoms with Gasteiger partial charge in [0.1, 0.15) is 0 Å². The number of nitro groups is 1. The minimum absolute atomic E-state index is 0.124. The Bertz CT molecular complexity index is 2420. The van der Waals surface area contributed by atoms with Crippen LogP contribution in [0.1, 0.15) is 44.9 Å². The molecular weight excluding hydrogens is 728 g/mol. The van der Waals surface area contributed by atoms with Crippen molar-refractivity contribution in [3.05, 3.63) is 118 Å². The molecule has 0 unspecified atom stereocenters. The summed E-state index contributed by atoms with van der Waals surface area (Å²) in [7, 11) is 1.53. The van der Waals surface area contributed by atoms with Crippen molar-refractivity contribution < 1.29 is 23.9 Å². The Morgan fingerprint density at radius 3 is 2.58 bits per heavy atom. The second kappa shape index (κ2) is 15.6. The summed E-state index contributed by atoms with van der Waals surface area (Å²) in [5, 5.41) is 21.8. The average Bonchev–Trinajstić information content (AvgIpc) is 3.67. The second-order valence-corrected chi connectivity index (χ2v) is 13.7. The van der Waals surface area contributed by atoms with Crippen LogP contribution >= 0.6 is 34.7 Å². The molecule has 0 aliphatic carbocycles. The number of benzene rings is 3. The summed E-state index contributed by atoms with van der Waals surface area (Å²) in [5.41, 5.74) is 1.78. The molecule has 0 radical (unpaired) electrons.